The highest BCUT2D eigenvalue weighted by molar-refractivity contribution is 8.15. The van der Waals surface area contributed by atoms with Crippen molar-refractivity contribution in [2.45, 2.75) is 24.1 Å². The first kappa shape index (κ1) is 24.1. The number of hydrogen-bond acceptors (Lipinski definition) is 8. The molecule has 0 bridgehead atoms. The van der Waals surface area contributed by atoms with E-state index in [2.05, 4.69) is 10.3 Å². The zero-order valence-electron chi connectivity index (χ0n) is 20.5. The lowest BCUT2D eigenvalue weighted by Gasteiger charge is -2.23. The van der Waals surface area contributed by atoms with Crippen molar-refractivity contribution in [2.75, 3.05) is 19.2 Å². The molecular weight excluding hydrogens is 504 g/mol. The molecule has 0 spiro atoms. The number of carbonyl (C=O) groups is 2. The zero-order chi connectivity index (χ0) is 26.1. The van der Waals surface area contributed by atoms with Crippen molar-refractivity contribution in [2.24, 2.45) is 10.1 Å². The van der Waals surface area contributed by atoms with Gasteiger partial charge in [0.15, 0.2) is 16.7 Å². The van der Waals surface area contributed by atoms with Crippen molar-refractivity contribution in [3.63, 3.8) is 0 Å². The molecule has 0 radical (unpaired) electrons. The normalized spacial score (nSPS) is 19.8. The molecule has 9 nitrogen and oxygen atoms in total. The number of aliphatic imine (C=N–C) groups is 1. The van der Waals surface area contributed by atoms with E-state index in [1.54, 1.807) is 25.3 Å². The molecule has 0 saturated carbocycles. The third kappa shape index (κ3) is 4.82. The number of ether oxygens (including phenoxy) is 3. The predicted molar refractivity (Wildman–Crippen MR) is 145 cm³/mol. The molecular formula is C28H24N4O5S. The Hall–Kier alpha value is -4.31. The minimum Gasteiger partial charge on any atom is -0.497 e. The second-order valence-electron chi connectivity index (χ2n) is 8.91. The average Bonchev–Trinajstić information content (AvgIpc) is 3.68. The van der Waals surface area contributed by atoms with Crippen LogP contribution in [0.2, 0.25) is 0 Å². The molecule has 0 fully saturated rings. The third-order valence-corrected chi connectivity index (χ3v) is 7.61. The summed E-state index contributed by atoms with van der Waals surface area (Å²) in [5.41, 5.74) is 3.51. The second kappa shape index (κ2) is 10.2. The van der Waals surface area contributed by atoms with Gasteiger partial charge in [-0.3, -0.25) is 9.59 Å². The van der Waals surface area contributed by atoms with Gasteiger partial charge in [-0.25, -0.2) is 5.01 Å². The van der Waals surface area contributed by atoms with Crippen LogP contribution in [0.1, 0.15) is 30.0 Å². The maximum atomic E-state index is 12.8. The summed E-state index contributed by atoms with van der Waals surface area (Å²) in [5.74, 6) is 1.36. The molecule has 10 heteroatoms. The number of nitrogens with one attached hydrogen (secondary N) is 1. The predicted octanol–water partition coefficient (Wildman–Crippen LogP) is 4.60. The molecule has 3 aromatic carbocycles. The fourth-order valence-corrected chi connectivity index (χ4v) is 5.60. The van der Waals surface area contributed by atoms with Gasteiger partial charge in [-0.2, -0.15) is 10.1 Å². The van der Waals surface area contributed by atoms with E-state index in [0.29, 0.717) is 28.8 Å². The van der Waals surface area contributed by atoms with Gasteiger partial charge in [0.05, 0.1) is 18.9 Å². The van der Waals surface area contributed by atoms with Gasteiger partial charge in [0, 0.05) is 24.6 Å². The first-order valence-electron chi connectivity index (χ1n) is 12.1. The fourth-order valence-electron chi connectivity index (χ4n) is 4.54. The highest BCUT2D eigenvalue weighted by Gasteiger charge is 2.39. The van der Waals surface area contributed by atoms with Crippen molar-refractivity contribution in [3.05, 3.63) is 83.9 Å². The van der Waals surface area contributed by atoms with Crippen LogP contribution in [0.5, 0.6) is 17.2 Å². The summed E-state index contributed by atoms with van der Waals surface area (Å²) in [6.45, 7) is 0.156. The molecule has 0 unspecified atom stereocenters. The average molecular weight is 529 g/mol. The van der Waals surface area contributed by atoms with Crippen molar-refractivity contribution >= 4 is 40.1 Å². The summed E-state index contributed by atoms with van der Waals surface area (Å²) >= 11 is 1.27. The Morgan fingerprint density at radius 2 is 1.87 bits per heavy atom. The fraction of sp³-hybridized carbons (Fsp3) is 0.214. The van der Waals surface area contributed by atoms with Gasteiger partial charge in [-0.05, 0) is 47.5 Å². The third-order valence-electron chi connectivity index (χ3n) is 6.47. The van der Waals surface area contributed by atoms with Gasteiger partial charge >= 0.3 is 0 Å². The SMILES string of the molecule is COc1ccc(C2=NN(C3=NC(=O)[C@@H](CC(=O)Nc4ccc5c(c4)OCO5)S3)[C@H](c3ccccc3)C2)cc1. The Kier molecular flexibility index (Phi) is 6.47. The van der Waals surface area contributed by atoms with Crippen LogP contribution in [0, 0.1) is 0 Å². The van der Waals surface area contributed by atoms with Gasteiger partial charge in [-0.1, -0.05) is 42.1 Å². The van der Waals surface area contributed by atoms with Crippen LogP contribution in [0.25, 0.3) is 0 Å². The molecule has 3 heterocycles. The molecule has 6 rings (SSSR count). The Bertz CT molecular complexity index is 1440. The Balaban J connectivity index is 1.18. The van der Waals surface area contributed by atoms with Crippen LogP contribution < -0.4 is 19.5 Å². The number of fused-ring (bicyclic) bond motifs is 1. The number of amides is 2. The van der Waals surface area contributed by atoms with Crippen LogP contribution in [0.4, 0.5) is 5.69 Å². The van der Waals surface area contributed by atoms with Crippen molar-refractivity contribution < 1.29 is 23.8 Å². The number of amidine groups is 1. The van der Waals surface area contributed by atoms with E-state index < -0.39 is 5.25 Å². The molecule has 192 valence electrons. The lowest BCUT2D eigenvalue weighted by atomic mass is 9.98. The molecule has 3 aromatic rings. The number of benzene rings is 3. The Morgan fingerprint density at radius 3 is 2.66 bits per heavy atom. The van der Waals surface area contributed by atoms with E-state index in [1.807, 2.05) is 59.6 Å². The van der Waals surface area contributed by atoms with E-state index >= 15 is 0 Å². The number of nitrogens with zero attached hydrogens (tertiary/aromatic N) is 3. The molecule has 3 aliphatic heterocycles. The lowest BCUT2D eigenvalue weighted by Crippen LogP contribution is -2.25. The van der Waals surface area contributed by atoms with Crippen molar-refractivity contribution in [1.82, 2.24) is 5.01 Å². The van der Waals surface area contributed by atoms with E-state index in [4.69, 9.17) is 19.3 Å². The van der Waals surface area contributed by atoms with Crippen molar-refractivity contribution in [1.29, 1.82) is 0 Å². The Morgan fingerprint density at radius 1 is 1.08 bits per heavy atom. The number of rotatable bonds is 6. The first-order chi connectivity index (χ1) is 18.6. The summed E-state index contributed by atoms with van der Waals surface area (Å²) < 4.78 is 16.0. The van der Waals surface area contributed by atoms with Gasteiger partial charge in [0.25, 0.3) is 5.91 Å². The zero-order valence-corrected chi connectivity index (χ0v) is 21.3. The van der Waals surface area contributed by atoms with Crippen LogP contribution in [-0.2, 0) is 9.59 Å². The molecule has 0 aliphatic carbocycles. The van der Waals surface area contributed by atoms with Crippen LogP contribution in [0.15, 0.2) is 82.9 Å². The maximum absolute atomic E-state index is 12.8. The topological polar surface area (TPSA) is 102 Å². The van der Waals surface area contributed by atoms with Gasteiger partial charge < -0.3 is 19.5 Å². The summed E-state index contributed by atoms with van der Waals surface area (Å²) in [7, 11) is 1.63. The summed E-state index contributed by atoms with van der Waals surface area (Å²) in [5, 5.41) is 9.39. The molecule has 38 heavy (non-hydrogen) atoms. The minimum atomic E-state index is -0.629. The van der Waals surface area contributed by atoms with Crippen LogP contribution >= 0.6 is 11.8 Å². The van der Waals surface area contributed by atoms with Crippen molar-refractivity contribution in [3.8, 4) is 17.2 Å². The number of methoxy groups -OCH3 is 1. The molecule has 2 amide bonds. The minimum absolute atomic E-state index is 0.0101. The number of thioether (sulfide) groups is 1. The molecule has 1 N–H and O–H groups in total. The summed E-state index contributed by atoms with van der Waals surface area (Å²) in [4.78, 5) is 29.9. The van der Waals surface area contributed by atoms with E-state index in [9.17, 15) is 9.59 Å². The maximum Gasteiger partial charge on any atom is 0.262 e. The summed E-state index contributed by atoms with van der Waals surface area (Å²) in [6.07, 6.45) is 0.642. The van der Waals surface area contributed by atoms with Gasteiger partial charge in [-0.15, -0.1) is 0 Å². The number of anilines is 1. The molecule has 2 atom stereocenters. The monoisotopic (exact) mass is 528 g/mol. The highest BCUT2D eigenvalue weighted by Crippen LogP contribution is 2.39. The van der Waals surface area contributed by atoms with E-state index in [-0.39, 0.29) is 31.1 Å². The Labute approximate surface area is 223 Å². The smallest absolute Gasteiger partial charge is 0.262 e. The van der Waals surface area contributed by atoms with E-state index in [1.165, 1.54) is 11.8 Å². The van der Waals surface area contributed by atoms with Crippen LogP contribution in [-0.4, -0.2) is 46.9 Å². The number of hydrogen-bond donors (Lipinski definition) is 1. The number of hydrazone groups is 1. The largest absolute Gasteiger partial charge is 0.497 e. The molecule has 3 aliphatic rings. The standard InChI is InChI=1S/C28H24N4O5S/c1-35-20-10-7-17(8-11-20)21-14-22(18-5-3-2-4-6-18)32(31-21)28-30-27(34)25(38-28)15-26(33)29-19-9-12-23-24(13-19)37-16-36-23/h2-13,22,25H,14-16H2,1H3,(H,29,33)/t22-,25+/m0/s1. The lowest BCUT2D eigenvalue weighted by molar-refractivity contribution is -0.121. The first-order valence-corrected chi connectivity index (χ1v) is 13.0. The molecule has 0 aromatic heterocycles. The van der Waals surface area contributed by atoms with E-state index in [0.717, 1.165) is 22.6 Å². The van der Waals surface area contributed by atoms with Crippen LogP contribution in [0.3, 0.4) is 0 Å². The summed E-state index contributed by atoms with van der Waals surface area (Å²) in [6, 6.07) is 22.8. The quantitative estimate of drug-likeness (QED) is 0.499. The molecule has 0 saturated heterocycles. The highest BCUT2D eigenvalue weighted by atomic mass is 32.2. The second-order valence-corrected chi connectivity index (χ2v) is 10.1. The number of carbonyl (C=O) groups excluding carboxylic acids is 2. The van der Waals surface area contributed by atoms with Gasteiger partial charge in [0.1, 0.15) is 11.0 Å². The van der Waals surface area contributed by atoms with Gasteiger partial charge in [0.2, 0.25) is 12.7 Å².